The van der Waals surface area contributed by atoms with Gasteiger partial charge in [-0.05, 0) is 102 Å². The maximum absolute atomic E-state index is 10.9. The summed E-state index contributed by atoms with van der Waals surface area (Å²) in [6.07, 6.45) is -4.63. The highest BCUT2D eigenvalue weighted by atomic mass is 16.6. The van der Waals surface area contributed by atoms with Gasteiger partial charge in [-0.2, -0.15) is 0 Å². The number of hydrogen-bond donors (Lipinski definition) is 12. The summed E-state index contributed by atoms with van der Waals surface area (Å²) in [4.78, 5) is 53.7. The SMILES string of the molecule is COC[C@H]1O[C@@H](n2cnc3c(NCC(c4ccccc4)c4ccccc4)nc(CNC4CCN(C(C)C)CC4)nc32)[C@H](O)[C@@H]1O.COC[C@H]1O[C@@H](n2cnc3c(NCC(c4ccccc4)c4ccccc4)nc(CNC4CCN(C(C)C)CC4)nc32)[C@H](O)[C@@H]1O.O=C(O)C(O)C(O)C(=O)O. The van der Waals surface area contributed by atoms with Crippen molar-refractivity contribution in [2.75, 3.05) is 77.3 Å². The zero-order valence-electron chi connectivity index (χ0n) is 57.3. The number of aliphatic carboxylic acids is 2. The van der Waals surface area contributed by atoms with E-state index in [0.29, 0.717) is 96.0 Å². The summed E-state index contributed by atoms with van der Waals surface area (Å²) < 4.78 is 25.9. The lowest BCUT2D eigenvalue weighted by Gasteiger charge is -2.34. The fourth-order valence-electron chi connectivity index (χ4n) is 13.2. The molecule has 12 rings (SSSR count). The standard InChI is InChI=1S/2C34H45N7O4.C4H6O6/c2*1-22(2)40-16-14-25(15-17-40)35-19-28-38-32(36-18-26(23-10-6-4-7-11-23)24-12-8-5-9-13-24)29-33(39-28)41(21-37-29)34-31(43)30(42)27(45-34)20-44-3;5-1(3(7)8)2(6)4(9)10/h2*4-13,21-22,25-27,30-31,34-35,42-43H,14-20H2,1-3H3,(H,36,38,39);1-2,5-6H,(H,7,8)(H,9,10)/t2*27-,30-,31-,34-;/m11./s1. The Balaban J connectivity index is 0.000000190. The molecular formula is C72H96N14O14. The number of carboxylic acids is 2. The van der Waals surface area contributed by atoms with E-state index in [4.69, 9.17) is 59.3 Å². The molecule has 2 unspecified atom stereocenters. The maximum atomic E-state index is 10.9. The topological polar surface area (TPSA) is 375 Å². The molecule has 4 saturated heterocycles. The summed E-state index contributed by atoms with van der Waals surface area (Å²) in [5, 5.41) is 90.2. The van der Waals surface area contributed by atoms with Crippen LogP contribution < -0.4 is 21.3 Å². The number of benzene rings is 4. The van der Waals surface area contributed by atoms with E-state index in [1.165, 1.54) is 36.5 Å². The van der Waals surface area contributed by atoms with Gasteiger partial charge in [0.1, 0.15) is 48.3 Å². The number of carboxylic acid groups (broad SMARTS) is 2. The van der Waals surface area contributed by atoms with Crippen molar-refractivity contribution in [1.82, 2.24) is 59.5 Å². The third kappa shape index (κ3) is 18.5. The van der Waals surface area contributed by atoms with Crippen LogP contribution in [0.4, 0.5) is 11.6 Å². The number of imidazole rings is 2. The van der Waals surface area contributed by atoms with Crippen LogP contribution in [0.5, 0.6) is 0 Å². The van der Waals surface area contributed by atoms with Crippen molar-refractivity contribution in [3.8, 4) is 0 Å². The monoisotopic (exact) mass is 1380 g/mol. The molecule has 4 fully saturated rings. The molecule has 0 saturated carbocycles. The van der Waals surface area contributed by atoms with Gasteiger partial charge in [-0.3, -0.25) is 9.13 Å². The molecule has 4 aliphatic heterocycles. The number of rotatable bonds is 27. The zero-order chi connectivity index (χ0) is 71.0. The number of ether oxygens (including phenoxy) is 4. The van der Waals surface area contributed by atoms with E-state index in [9.17, 15) is 30.0 Å². The first-order valence-corrected chi connectivity index (χ1v) is 34.2. The number of methoxy groups -OCH3 is 2. The average Bonchev–Trinajstić information content (AvgIpc) is 1.62. The lowest BCUT2D eigenvalue weighted by atomic mass is 9.91. The van der Waals surface area contributed by atoms with Gasteiger partial charge in [-0.15, -0.1) is 0 Å². The predicted octanol–water partition coefficient (Wildman–Crippen LogP) is 4.47. The van der Waals surface area contributed by atoms with Gasteiger partial charge in [0, 0.05) is 63.3 Å². The molecule has 4 aromatic heterocycles. The number of piperidine rings is 2. The van der Waals surface area contributed by atoms with E-state index >= 15 is 0 Å². The van der Waals surface area contributed by atoms with Crippen molar-refractivity contribution in [3.63, 3.8) is 0 Å². The lowest BCUT2D eigenvalue weighted by Crippen LogP contribution is -2.44. The van der Waals surface area contributed by atoms with Crippen LogP contribution in [0.3, 0.4) is 0 Å². The number of aliphatic hydroxyl groups is 6. The highest BCUT2D eigenvalue weighted by Crippen LogP contribution is 2.36. The molecule has 28 heteroatoms. The van der Waals surface area contributed by atoms with E-state index in [0.717, 1.165) is 51.9 Å². The molecule has 28 nitrogen and oxygen atoms in total. The van der Waals surface area contributed by atoms with Crippen molar-refractivity contribution >= 4 is 45.9 Å². The largest absolute Gasteiger partial charge is 0.479 e. The van der Waals surface area contributed by atoms with Crippen molar-refractivity contribution in [1.29, 1.82) is 0 Å². The molecule has 12 N–H and O–H groups in total. The Bertz CT molecular complexity index is 3500. The summed E-state index contributed by atoms with van der Waals surface area (Å²) in [5.41, 5.74) is 7.00. The average molecular weight is 1380 g/mol. The van der Waals surface area contributed by atoms with Crippen LogP contribution in [0.25, 0.3) is 22.3 Å². The molecule has 0 spiro atoms. The van der Waals surface area contributed by atoms with Crippen molar-refractivity contribution in [2.24, 2.45) is 0 Å². The highest BCUT2D eigenvalue weighted by Gasteiger charge is 2.46. The molecule has 4 aliphatic rings. The fourth-order valence-corrected chi connectivity index (χ4v) is 13.2. The minimum Gasteiger partial charge on any atom is -0.479 e. The molecule has 0 amide bonds. The fraction of sp³-hybridized carbons (Fsp3) is 0.500. The summed E-state index contributed by atoms with van der Waals surface area (Å²) in [5.74, 6) is -0.905. The van der Waals surface area contributed by atoms with Crippen LogP contribution >= 0.6 is 0 Å². The van der Waals surface area contributed by atoms with Crippen molar-refractivity contribution in [3.05, 3.63) is 168 Å². The molecule has 8 aromatic rings. The smallest absolute Gasteiger partial charge is 0.335 e. The van der Waals surface area contributed by atoms with Crippen LogP contribution in [0.2, 0.25) is 0 Å². The number of hydrogen-bond acceptors (Lipinski definition) is 24. The van der Waals surface area contributed by atoms with Crippen LogP contribution in [0, 0.1) is 0 Å². The number of aliphatic hydroxyl groups excluding tert-OH is 6. The number of likely N-dealkylation sites (tertiary alicyclic amines) is 2. The maximum Gasteiger partial charge on any atom is 0.335 e. The normalized spacial score (nSPS) is 22.3. The number of aromatic nitrogens is 8. The van der Waals surface area contributed by atoms with Gasteiger partial charge in [0.05, 0.1) is 39.0 Å². The van der Waals surface area contributed by atoms with E-state index in [-0.39, 0.29) is 25.0 Å². The Morgan fingerprint density at radius 2 is 0.820 bits per heavy atom. The Labute approximate surface area is 581 Å². The van der Waals surface area contributed by atoms with E-state index in [2.05, 4.69) is 166 Å². The zero-order valence-corrected chi connectivity index (χ0v) is 57.3. The van der Waals surface area contributed by atoms with Gasteiger partial charge in [0.2, 0.25) is 0 Å². The van der Waals surface area contributed by atoms with Crippen molar-refractivity contribution in [2.45, 2.75) is 164 Å². The quantitative estimate of drug-likeness (QED) is 0.0338. The number of nitrogens with zero attached hydrogens (tertiary/aromatic N) is 10. The van der Waals surface area contributed by atoms with Gasteiger partial charge in [0.25, 0.3) is 0 Å². The second kappa shape index (κ2) is 35.5. The number of nitrogens with one attached hydrogen (secondary N) is 4. The summed E-state index contributed by atoms with van der Waals surface area (Å²) in [7, 11) is 3.08. The molecule has 0 radical (unpaired) electrons. The minimum atomic E-state index is -2.27. The predicted molar refractivity (Wildman–Crippen MR) is 373 cm³/mol. The van der Waals surface area contributed by atoms with Gasteiger partial charge >= 0.3 is 11.9 Å². The van der Waals surface area contributed by atoms with Crippen LogP contribution in [-0.2, 0) is 41.6 Å². The van der Waals surface area contributed by atoms with E-state index in [1.54, 1.807) is 21.8 Å². The number of anilines is 2. The first-order valence-electron chi connectivity index (χ1n) is 34.2. The second-order valence-corrected chi connectivity index (χ2v) is 26.3. The molecular weight excluding hydrogens is 1280 g/mol. The summed E-state index contributed by atoms with van der Waals surface area (Å²) in [6, 6.07) is 43.6. The van der Waals surface area contributed by atoms with Gasteiger partial charge in [0.15, 0.2) is 58.6 Å². The van der Waals surface area contributed by atoms with Crippen molar-refractivity contribution < 1.29 is 69.4 Å². The molecule has 0 aliphatic carbocycles. The molecule has 0 bridgehead atoms. The van der Waals surface area contributed by atoms with E-state index < -0.39 is 73.2 Å². The van der Waals surface area contributed by atoms with Crippen LogP contribution in [0.15, 0.2) is 134 Å². The summed E-state index contributed by atoms with van der Waals surface area (Å²) in [6.45, 7) is 15.7. The number of fused-ring (bicyclic) bond motifs is 2. The lowest BCUT2D eigenvalue weighted by molar-refractivity contribution is -0.165. The summed E-state index contributed by atoms with van der Waals surface area (Å²) >= 11 is 0. The van der Waals surface area contributed by atoms with Gasteiger partial charge < -0.3 is 90.9 Å². The number of carbonyl (C=O) groups is 2. The minimum absolute atomic E-state index is 0.0807. The van der Waals surface area contributed by atoms with Crippen LogP contribution in [-0.4, -0.2) is 241 Å². The first kappa shape index (κ1) is 74.6. The third-order valence-electron chi connectivity index (χ3n) is 19.0. The Hall–Kier alpha value is -8.04. The molecule has 8 heterocycles. The third-order valence-corrected chi connectivity index (χ3v) is 19.0. The molecule has 4 aromatic carbocycles. The Morgan fingerprint density at radius 1 is 0.500 bits per heavy atom. The van der Waals surface area contributed by atoms with Crippen LogP contribution in [0.1, 0.15) is 112 Å². The Kier molecular flexibility index (Phi) is 26.5. The molecule has 10 atom stereocenters. The molecule has 100 heavy (non-hydrogen) atoms. The van der Waals surface area contributed by atoms with Gasteiger partial charge in [-0.25, -0.2) is 39.5 Å². The highest BCUT2D eigenvalue weighted by molar-refractivity contribution is 5.84. The van der Waals surface area contributed by atoms with E-state index in [1.807, 2.05) is 24.3 Å². The Morgan fingerprint density at radius 3 is 1.11 bits per heavy atom. The second-order valence-electron chi connectivity index (χ2n) is 26.3. The molecule has 538 valence electrons. The van der Waals surface area contributed by atoms with Gasteiger partial charge in [-0.1, -0.05) is 121 Å². The first-order chi connectivity index (χ1) is 48.3.